The molecule has 0 bridgehead atoms. The van der Waals surface area contributed by atoms with E-state index < -0.39 is 29.0 Å². The lowest BCUT2D eigenvalue weighted by molar-refractivity contribution is -0.115. The van der Waals surface area contributed by atoms with Crippen molar-refractivity contribution in [2.45, 2.75) is 26.8 Å². The Labute approximate surface area is 161 Å². The largest absolute Gasteiger partial charge is 0.356 e. The molecule has 152 valence electrons. The third-order valence-electron chi connectivity index (χ3n) is 3.89. The van der Waals surface area contributed by atoms with Crippen LogP contribution in [0.1, 0.15) is 17.8 Å². The van der Waals surface area contributed by atoms with Gasteiger partial charge in [-0.2, -0.15) is 5.10 Å². The van der Waals surface area contributed by atoms with E-state index in [2.05, 4.69) is 26.0 Å². The molecule has 1 amide bonds. The molecule has 1 aromatic carbocycles. The average molecular weight is 396 g/mol. The summed E-state index contributed by atoms with van der Waals surface area (Å²) in [4.78, 5) is 15.9. The first-order valence-electron chi connectivity index (χ1n) is 8.70. The van der Waals surface area contributed by atoms with Crippen LogP contribution in [0.5, 0.6) is 0 Å². The second-order valence-corrected chi connectivity index (χ2v) is 6.13. The second-order valence-electron chi connectivity index (χ2n) is 6.13. The Bertz CT molecular complexity index is 865. The molecule has 0 atom stereocenters. The molecule has 1 aromatic heterocycles. The lowest BCUT2D eigenvalue weighted by atomic mass is 10.2. The van der Waals surface area contributed by atoms with Gasteiger partial charge in [0.1, 0.15) is 0 Å². The van der Waals surface area contributed by atoms with Crippen LogP contribution in [0.2, 0.25) is 0 Å². The van der Waals surface area contributed by atoms with E-state index >= 15 is 0 Å². The van der Waals surface area contributed by atoms with Crippen LogP contribution in [0, 0.1) is 31.3 Å². The van der Waals surface area contributed by atoms with Crippen LogP contribution < -0.4 is 16.0 Å². The molecule has 3 N–H and O–H groups in total. The van der Waals surface area contributed by atoms with Gasteiger partial charge < -0.3 is 16.0 Å². The molecule has 10 heteroatoms. The van der Waals surface area contributed by atoms with Gasteiger partial charge in [-0.1, -0.05) is 0 Å². The first-order chi connectivity index (χ1) is 13.3. The monoisotopic (exact) mass is 396 g/mol. The van der Waals surface area contributed by atoms with Crippen molar-refractivity contribution >= 4 is 17.6 Å². The lowest BCUT2D eigenvalue weighted by Gasteiger charge is -2.12. The zero-order valence-corrected chi connectivity index (χ0v) is 15.9. The molecule has 0 fully saturated rings. The van der Waals surface area contributed by atoms with E-state index in [0.29, 0.717) is 12.5 Å². The second kappa shape index (κ2) is 9.77. The molecule has 0 aliphatic heterocycles. The van der Waals surface area contributed by atoms with E-state index in [-0.39, 0.29) is 6.54 Å². The number of aliphatic imine (C=N–C) groups is 1. The van der Waals surface area contributed by atoms with Crippen molar-refractivity contribution in [1.29, 1.82) is 0 Å². The van der Waals surface area contributed by atoms with E-state index in [0.717, 1.165) is 36.5 Å². The molecule has 1 heterocycles. The Kier molecular flexibility index (Phi) is 7.42. The molecule has 28 heavy (non-hydrogen) atoms. The third-order valence-corrected chi connectivity index (χ3v) is 3.89. The fraction of sp³-hybridized carbons (Fsp3) is 0.389. The average Bonchev–Trinajstić information content (AvgIpc) is 2.98. The zero-order valence-electron chi connectivity index (χ0n) is 15.9. The van der Waals surface area contributed by atoms with Crippen LogP contribution in [-0.2, 0) is 11.3 Å². The molecule has 0 saturated heterocycles. The number of guanidine groups is 1. The van der Waals surface area contributed by atoms with Gasteiger partial charge in [0.25, 0.3) is 0 Å². The highest BCUT2D eigenvalue weighted by Crippen LogP contribution is 2.19. The molecule has 0 aliphatic carbocycles. The highest BCUT2D eigenvalue weighted by Gasteiger charge is 2.15. The molecule has 0 radical (unpaired) electrons. The van der Waals surface area contributed by atoms with Crippen LogP contribution >= 0.6 is 0 Å². The fourth-order valence-electron chi connectivity index (χ4n) is 2.54. The topological polar surface area (TPSA) is 83.3 Å². The highest BCUT2D eigenvalue weighted by atomic mass is 19.2. The summed E-state index contributed by atoms with van der Waals surface area (Å²) in [5.41, 5.74) is 1.62. The Hall–Kier alpha value is -3.04. The van der Waals surface area contributed by atoms with Crippen molar-refractivity contribution in [2.75, 3.05) is 25.5 Å². The number of carbonyl (C=O) groups excluding carboxylic acids is 1. The number of rotatable bonds is 7. The molecular formula is C18H23F3N6O. The predicted octanol–water partition coefficient (Wildman–Crippen LogP) is 2.11. The maximum Gasteiger partial charge on any atom is 0.243 e. The first-order valence-corrected chi connectivity index (χ1v) is 8.70. The maximum atomic E-state index is 13.6. The van der Waals surface area contributed by atoms with Crippen LogP contribution in [0.15, 0.2) is 23.2 Å². The molecule has 2 rings (SSSR count). The van der Waals surface area contributed by atoms with Gasteiger partial charge >= 0.3 is 0 Å². The molecule has 7 nitrogen and oxygen atoms in total. The smallest absolute Gasteiger partial charge is 0.243 e. The van der Waals surface area contributed by atoms with Gasteiger partial charge in [-0.3, -0.25) is 14.5 Å². The predicted molar refractivity (Wildman–Crippen MR) is 101 cm³/mol. The molecule has 0 saturated carbocycles. The minimum Gasteiger partial charge on any atom is -0.356 e. The molecule has 0 aliphatic rings. The summed E-state index contributed by atoms with van der Waals surface area (Å²) in [6.45, 7) is 5.03. The quantitative estimate of drug-likeness (QED) is 0.290. The number of aryl methyl sites for hydroxylation is 3. The standard InChI is InChI=1S/C18H23F3N6O/c1-11-9-12(2)27(26-11)8-4-7-23-18(22-3)24-10-15(28)25-14-6-5-13(19)16(20)17(14)21/h5-6,9H,4,7-8,10H2,1-3H3,(H,25,28)(H2,22,23,24). The number of nitrogens with one attached hydrogen (secondary N) is 3. The number of benzene rings is 1. The van der Waals surface area contributed by atoms with Crippen molar-refractivity contribution in [1.82, 2.24) is 20.4 Å². The van der Waals surface area contributed by atoms with Crippen molar-refractivity contribution in [2.24, 2.45) is 4.99 Å². The number of anilines is 1. The van der Waals surface area contributed by atoms with Crippen LogP contribution in [-0.4, -0.2) is 41.8 Å². The van der Waals surface area contributed by atoms with Gasteiger partial charge in [-0.05, 0) is 38.5 Å². The van der Waals surface area contributed by atoms with E-state index in [1.54, 1.807) is 7.05 Å². The molecular weight excluding hydrogens is 373 g/mol. The van der Waals surface area contributed by atoms with Crippen molar-refractivity contribution in [3.8, 4) is 0 Å². The number of carbonyl (C=O) groups is 1. The van der Waals surface area contributed by atoms with E-state index in [4.69, 9.17) is 0 Å². The summed E-state index contributed by atoms with van der Waals surface area (Å²) in [6.07, 6.45) is 0.787. The van der Waals surface area contributed by atoms with Crippen LogP contribution in [0.3, 0.4) is 0 Å². The highest BCUT2D eigenvalue weighted by molar-refractivity contribution is 5.95. The Balaban J connectivity index is 1.75. The third kappa shape index (κ3) is 5.73. The molecule has 0 spiro atoms. The van der Waals surface area contributed by atoms with Crippen LogP contribution in [0.4, 0.5) is 18.9 Å². The maximum absolute atomic E-state index is 13.6. The van der Waals surface area contributed by atoms with Crippen molar-refractivity contribution < 1.29 is 18.0 Å². The number of nitrogens with zero attached hydrogens (tertiary/aromatic N) is 3. The fourth-order valence-corrected chi connectivity index (χ4v) is 2.54. The van der Waals surface area contributed by atoms with E-state index in [1.807, 2.05) is 24.6 Å². The SMILES string of the molecule is CN=C(NCCCn1nc(C)cc1C)NCC(=O)Nc1ccc(F)c(F)c1F. The van der Waals surface area contributed by atoms with Crippen molar-refractivity contribution in [3.63, 3.8) is 0 Å². The number of hydrogen-bond acceptors (Lipinski definition) is 3. The molecule has 0 unspecified atom stereocenters. The van der Waals surface area contributed by atoms with Gasteiger partial charge in [0, 0.05) is 25.8 Å². The minimum atomic E-state index is -1.63. The minimum absolute atomic E-state index is 0.227. The van der Waals surface area contributed by atoms with Gasteiger partial charge in [0.15, 0.2) is 23.4 Å². The summed E-state index contributed by atoms with van der Waals surface area (Å²) in [5, 5.41) is 12.4. The number of amides is 1. The Morgan fingerprint density at radius 1 is 1.18 bits per heavy atom. The summed E-state index contributed by atoms with van der Waals surface area (Å²) in [6, 6.07) is 3.70. The lowest BCUT2D eigenvalue weighted by Crippen LogP contribution is -2.42. The Morgan fingerprint density at radius 3 is 2.57 bits per heavy atom. The first kappa shape index (κ1) is 21.3. The normalized spacial score (nSPS) is 11.4. The molecule has 2 aromatic rings. The number of halogens is 3. The summed E-state index contributed by atoms with van der Waals surface area (Å²) < 4.78 is 41.6. The Morgan fingerprint density at radius 2 is 1.93 bits per heavy atom. The zero-order chi connectivity index (χ0) is 20.7. The van der Waals surface area contributed by atoms with E-state index in [1.165, 1.54) is 0 Å². The van der Waals surface area contributed by atoms with Gasteiger partial charge in [-0.15, -0.1) is 0 Å². The summed E-state index contributed by atoms with van der Waals surface area (Å²) >= 11 is 0. The van der Waals surface area contributed by atoms with Gasteiger partial charge in [-0.25, -0.2) is 13.2 Å². The van der Waals surface area contributed by atoms with Crippen molar-refractivity contribution in [3.05, 3.63) is 47.0 Å². The van der Waals surface area contributed by atoms with E-state index in [9.17, 15) is 18.0 Å². The summed E-state index contributed by atoms with van der Waals surface area (Å²) in [5.74, 6) is -4.64. The number of hydrogen-bond donors (Lipinski definition) is 3. The van der Waals surface area contributed by atoms with Gasteiger partial charge in [0.05, 0.1) is 17.9 Å². The van der Waals surface area contributed by atoms with Crippen LogP contribution in [0.25, 0.3) is 0 Å². The summed E-state index contributed by atoms with van der Waals surface area (Å²) in [7, 11) is 1.54. The van der Waals surface area contributed by atoms with Gasteiger partial charge in [0.2, 0.25) is 5.91 Å². The number of aromatic nitrogens is 2.